The minimum Gasteiger partial charge on any atom is -0.352 e. The molecule has 0 saturated carbocycles. The number of benzene rings is 1. The number of thiophene rings is 1. The first-order valence-electron chi connectivity index (χ1n) is 7.84. The zero-order chi connectivity index (χ0) is 17.5. The molecule has 0 aliphatic carbocycles. The van der Waals surface area contributed by atoms with Gasteiger partial charge in [-0.05, 0) is 54.2 Å². The van der Waals surface area contributed by atoms with Crippen LogP contribution in [0.2, 0.25) is 0 Å². The van der Waals surface area contributed by atoms with Gasteiger partial charge < -0.3 is 15.1 Å². The van der Waals surface area contributed by atoms with Crippen molar-refractivity contribution in [1.29, 1.82) is 0 Å². The van der Waals surface area contributed by atoms with Gasteiger partial charge >= 0.3 is 0 Å². The molecule has 0 bridgehead atoms. The Morgan fingerprint density at radius 1 is 1.16 bits per heavy atom. The Kier molecular flexibility index (Phi) is 9.37. The maximum atomic E-state index is 13.9. The van der Waals surface area contributed by atoms with Gasteiger partial charge in [-0.15, -0.1) is 24.0 Å². The van der Waals surface area contributed by atoms with Crippen LogP contribution in [0.4, 0.5) is 4.39 Å². The van der Waals surface area contributed by atoms with E-state index in [-0.39, 0.29) is 29.8 Å². The lowest BCUT2D eigenvalue weighted by atomic mass is 10.1. The standard InChI is InChI=1S/C18H25FN4S.HI/c1-20-18(23(4)11-15-7-8-24-13-15)21-10-14-5-6-17(19)16(9-14)12-22(2)3;/h5-9,13H,10-12H2,1-4H3,(H,20,21);1H. The number of rotatable bonds is 6. The summed E-state index contributed by atoms with van der Waals surface area (Å²) in [6.07, 6.45) is 0. The van der Waals surface area contributed by atoms with E-state index in [4.69, 9.17) is 0 Å². The molecule has 0 atom stereocenters. The molecule has 138 valence electrons. The van der Waals surface area contributed by atoms with Gasteiger partial charge in [0.15, 0.2) is 5.96 Å². The number of guanidine groups is 1. The summed E-state index contributed by atoms with van der Waals surface area (Å²) < 4.78 is 13.9. The Balaban J connectivity index is 0.00000312. The second-order valence-electron chi connectivity index (χ2n) is 6.05. The fourth-order valence-corrected chi connectivity index (χ4v) is 3.16. The van der Waals surface area contributed by atoms with Gasteiger partial charge in [0.25, 0.3) is 0 Å². The van der Waals surface area contributed by atoms with Gasteiger partial charge in [0.2, 0.25) is 0 Å². The first-order chi connectivity index (χ1) is 11.5. The van der Waals surface area contributed by atoms with Crippen molar-refractivity contribution in [3.8, 4) is 0 Å². The molecule has 25 heavy (non-hydrogen) atoms. The first-order valence-corrected chi connectivity index (χ1v) is 8.78. The number of aliphatic imine (C=N–C) groups is 1. The molecule has 0 unspecified atom stereocenters. The first kappa shape index (κ1) is 21.9. The molecule has 0 radical (unpaired) electrons. The molecule has 1 aromatic carbocycles. The monoisotopic (exact) mass is 476 g/mol. The SMILES string of the molecule is CN=C(NCc1ccc(F)c(CN(C)C)c1)N(C)Cc1ccsc1.I. The largest absolute Gasteiger partial charge is 0.352 e. The maximum Gasteiger partial charge on any atom is 0.193 e. The Morgan fingerprint density at radius 3 is 2.52 bits per heavy atom. The van der Waals surface area contributed by atoms with Gasteiger partial charge in [0.1, 0.15) is 5.82 Å². The zero-order valence-corrected chi connectivity index (χ0v) is 18.3. The number of halogens is 2. The fraction of sp³-hybridized carbons (Fsp3) is 0.389. The smallest absolute Gasteiger partial charge is 0.193 e. The molecule has 0 fully saturated rings. The summed E-state index contributed by atoms with van der Waals surface area (Å²) in [5, 5.41) is 7.55. The highest BCUT2D eigenvalue weighted by atomic mass is 127. The van der Waals surface area contributed by atoms with Gasteiger partial charge in [0, 0.05) is 39.3 Å². The molecular weight excluding hydrogens is 450 g/mol. The summed E-state index contributed by atoms with van der Waals surface area (Å²) in [4.78, 5) is 8.36. The minimum atomic E-state index is -0.161. The molecule has 0 aliphatic heterocycles. The number of nitrogens with one attached hydrogen (secondary N) is 1. The molecule has 2 aromatic rings. The van der Waals surface area contributed by atoms with Crippen LogP contribution in [0.3, 0.4) is 0 Å². The lowest BCUT2D eigenvalue weighted by Gasteiger charge is -2.22. The van der Waals surface area contributed by atoms with Crippen molar-refractivity contribution in [3.05, 3.63) is 57.5 Å². The summed E-state index contributed by atoms with van der Waals surface area (Å²) >= 11 is 1.69. The van der Waals surface area contributed by atoms with Crippen molar-refractivity contribution in [2.45, 2.75) is 19.6 Å². The molecule has 0 spiro atoms. The van der Waals surface area contributed by atoms with Gasteiger partial charge in [-0.3, -0.25) is 4.99 Å². The number of nitrogens with zero attached hydrogens (tertiary/aromatic N) is 3. The van der Waals surface area contributed by atoms with Crippen LogP contribution < -0.4 is 5.32 Å². The third kappa shape index (κ3) is 6.91. The molecule has 2 rings (SSSR count). The van der Waals surface area contributed by atoms with Crippen LogP contribution >= 0.6 is 35.3 Å². The lowest BCUT2D eigenvalue weighted by Crippen LogP contribution is -2.38. The Morgan fingerprint density at radius 2 is 1.92 bits per heavy atom. The van der Waals surface area contributed by atoms with Crippen molar-refractivity contribution >= 4 is 41.3 Å². The predicted octanol–water partition coefficient (Wildman–Crippen LogP) is 3.77. The van der Waals surface area contributed by atoms with E-state index >= 15 is 0 Å². The van der Waals surface area contributed by atoms with E-state index in [0.717, 1.165) is 18.1 Å². The van der Waals surface area contributed by atoms with Crippen molar-refractivity contribution in [1.82, 2.24) is 15.1 Å². The second-order valence-corrected chi connectivity index (χ2v) is 6.83. The Hall–Kier alpha value is -1.19. The zero-order valence-electron chi connectivity index (χ0n) is 15.1. The van der Waals surface area contributed by atoms with E-state index in [2.05, 4.69) is 32.0 Å². The molecule has 4 nitrogen and oxygen atoms in total. The van der Waals surface area contributed by atoms with Crippen LogP contribution in [0.1, 0.15) is 16.7 Å². The van der Waals surface area contributed by atoms with Crippen LogP contribution in [-0.2, 0) is 19.6 Å². The maximum absolute atomic E-state index is 13.9. The van der Waals surface area contributed by atoms with Crippen LogP contribution in [0.25, 0.3) is 0 Å². The molecular formula is C18H26FIN4S. The highest BCUT2D eigenvalue weighted by Crippen LogP contribution is 2.13. The van der Waals surface area contributed by atoms with Crippen molar-refractivity contribution < 1.29 is 4.39 Å². The number of hydrogen-bond donors (Lipinski definition) is 1. The third-order valence-corrected chi connectivity index (χ3v) is 4.35. The van der Waals surface area contributed by atoms with Crippen LogP contribution in [-0.4, -0.2) is 44.0 Å². The minimum absolute atomic E-state index is 0. The Labute approximate surface area is 170 Å². The quantitative estimate of drug-likeness (QED) is 0.391. The summed E-state index contributed by atoms with van der Waals surface area (Å²) in [6, 6.07) is 7.37. The van der Waals surface area contributed by atoms with E-state index in [0.29, 0.717) is 18.7 Å². The molecule has 1 N–H and O–H groups in total. The van der Waals surface area contributed by atoms with E-state index in [1.54, 1.807) is 18.4 Å². The highest BCUT2D eigenvalue weighted by Gasteiger charge is 2.09. The van der Waals surface area contributed by atoms with Gasteiger partial charge in [0.05, 0.1) is 0 Å². The molecule has 1 heterocycles. The summed E-state index contributed by atoms with van der Waals surface area (Å²) in [6.45, 7) is 2.01. The van der Waals surface area contributed by atoms with Crippen molar-refractivity contribution in [3.63, 3.8) is 0 Å². The van der Waals surface area contributed by atoms with E-state index in [1.807, 2.05) is 38.2 Å². The van der Waals surface area contributed by atoms with Crippen LogP contribution in [0.15, 0.2) is 40.0 Å². The third-order valence-electron chi connectivity index (χ3n) is 3.62. The molecule has 0 amide bonds. The van der Waals surface area contributed by atoms with E-state index < -0.39 is 0 Å². The van der Waals surface area contributed by atoms with Crippen molar-refractivity contribution in [2.75, 3.05) is 28.2 Å². The van der Waals surface area contributed by atoms with E-state index in [9.17, 15) is 4.39 Å². The Bertz CT molecular complexity index is 674. The van der Waals surface area contributed by atoms with Gasteiger partial charge in [-0.2, -0.15) is 11.3 Å². The normalized spacial score (nSPS) is 11.4. The number of hydrogen-bond acceptors (Lipinski definition) is 3. The average molecular weight is 476 g/mol. The van der Waals surface area contributed by atoms with Gasteiger partial charge in [-0.25, -0.2) is 4.39 Å². The van der Waals surface area contributed by atoms with Crippen LogP contribution in [0.5, 0.6) is 0 Å². The van der Waals surface area contributed by atoms with Crippen LogP contribution in [0, 0.1) is 5.82 Å². The molecule has 0 saturated heterocycles. The second kappa shape index (κ2) is 10.7. The molecule has 0 aliphatic rings. The topological polar surface area (TPSA) is 30.9 Å². The summed E-state index contributed by atoms with van der Waals surface area (Å²) in [5.41, 5.74) is 3.01. The highest BCUT2D eigenvalue weighted by molar-refractivity contribution is 14.0. The molecule has 7 heteroatoms. The summed E-state index contributed by atoms with van der Waals surface area (Å²) in [7, 11) is 7.65. The van der Waals surface area contributed by atoms with E-state index in [1.165, 1.54) is 11.6 Å². The summed E-state index contributed by atoms with van der Waals surface area (Å²) in [5.74, 6) is 0.658. The fourth-order valence-electron chi connectivity index (χ4n) is 2.50. The predicted molar refractivity (Wildman–Crippen MR) is 115 cm³/mol. The van der Waals surface area contributed by atoms with Gasteiger partial charge in [-0.1, -0.05) is 6.07 Å². The van der Waals surface area contributed by atoms with Crippen molar-refractivity contribution in [2.24, 2.45) is 4.99 Å². The molecule has 1 aromatic heterocycles. The lowest BCUT2D eigenvalue weighted by molar-refractivity contribution is 0.392. The average Bonchev–Trinajstić information content (AvgIpc) is 3.03.